The Balaban J connectivity index is 2.23. The first-order valence-electron chi connectivity index (χ1n) is 3.38. The van der Waals surface area contributed by atoms with Gasteiger partial charge in [0.15, 0.2) is 0 Å². The van der Waals surface area contributed by atoms with Gasteiger partial charge >= 0.3 is 0 Å². The van der Waals surface area contributed by atoms with Crippen molar-refractivity contribution in [2.45, 2.75) is 0 Å². The third kappa shape index (κ3) is 1.12. The highest BCUT2D eigenvalue weighted by Crippen LogP contribution is 2.15. The molecule has 0 radical (unpaired) electrons. The predicted molar refractivity (Wildman–Crippen MR) is 42.6 cm³/mol. The van der Waals surface area contributed by atoms with Crippen molar-refractivity contribution < 1.29 is 4.42 Å². The molecule has 0 spiro atoms. The lowest BCUT2D eigenvalue weighted by molar-refractivity contribution is 0.571. The van der Waals surface area contributed by atoms with E-state index in [4.69, 9.17) is 4.42 Å². The number of hydrogen-bond donors (Lipinski definition) is 1. The fraction of sp³-hybridized carbons (Fsp3) is 0. The van der Waals surface area contributed by atoms with Gasteiger partial charge in [0.1, 0.15) is 0 Å². The lowest BCUT2D eigenvalue weighted by atomic mass is 10.5. The Morgan fingerprint density at radius 2 is 2.09 bits per heavy atom. The smallest absolute Gasteiger partial charge is 0.203 e. The number of hydrogen-bond acceptors (Lipinski definition) is 3. The van der Waals surface area contributed by atoms with Crippen LogP contribution in [0.3, 0.4) is 0 Å². The average Bonchev–Trinajstić information content (AvgIpc) is 2.58. The highest BCUT2D eigenvalue weighted by Gasteiger charge is 2.02. The van der Waals surface area contributed by atoms with Crippen molar-refractivity contribution in [3.05, 3.63) is 43.2 Å². The van der Waals surface area contributed by atoms with Gasteiger partial charge in [0, 0.05) is 30.9 Å². The largest absolute Gasteiger partial charge is 0.448 e. The third-order valence-corrected chi connectivity index (χ3v) is 1.42. The molecule has 0 amide bonds. The minimum atomic E-state index is 0.819. The SMILES string of the molecule is C1=CN(c2ccco2)C=CN1. The molecule has 1 aromatic heterocycles. The first-order chi connectivity index (χ1) is 5.47. The van der Waals surface area contributed by atoms with Crippen LogP contribution < -0.4 is 10.2 Å². The Bertz CT molecular complexity index is 262. The van der Waals surface area contributed by atoms with Crippen molar-refractivity contribution >= 4 is 5.88 Å². The van der Waals surface area contributed by atoms with E-state index in [9.17, 15) is 0 Å². The molecule has 0 aromatic carbocycles. The minimum Gasteiger partial charge on any atom is -0.448 e. The minimum absolute atomic E-state index is 0.819. The normalized spacial score (nSPS) is 15.1. The topological polar surface area (TPSA) is 28.4 Å². The number of rotatable bonds is 1. The summed E-state index contributed by atoms with van der Waals surface area (Å²) >= 11 is 0. The van der Waals surface area contributed by atoms with Gasteiger partial charge in [0.2, 0.25) is 5.88 Å². The maximum atomic E-state index is 5.17. The molecule has 0 atom stereocenters. The zero-order valence-corrected chi connectivity index (χ0v) is 5.90. The van der Waals surface area contributed by atoms with Crippen molar-refractivity contribution in [2.75, 3.05) is 4.90 Å². The molecular weight excluding hydrogens is 140 g/mol. The molecule has 1 aromatic rings. The molecule has 2 heterocycles. The second-order valence-electron chi connectivity index (χ2n) is 2.16. The van der Waals surface area contributed by atoms with E-state index in [2.05, 4.69) is 5.32 Å². The van der Waals surface area contributed by atoms with Crippen LogP contribution in [0, 0.1) is 0 Å². The monoisotopic (exact) mass is 148 g/mol. The van der Waals surface area contributed by atoms with Crippen molar-refractivity contribution in [3.63, 3.8) is 0 Å². The Labute approximate surface area is 64.6 Å². The number of anilines is 1. The van der Waals surface area contributed by atoms with Crippen LogP contribution in [-0.2, 0) is 0 Å². The van der Waals surface area contributed by atoms with Crippen LogP contribution in [0.25, 0.3) is 0 Å². The second-order valence-corrected chi connectivity index (χ2v) is 2.16. The average molecular weight is 148 g/mol. The van der Waals surface area contributed by atoms with Gasteiger partial charge in [-0.25, -0.2) is 0 Å². The van der Waals surface area contributed by atoms with Crippen molar-refractivity contribution in [2.24, 2.45) is 0 Å². The van der Waals surface area contributed by atoms with Crippen LogP contribution in [0.2, 0.25) is 0 Å². The molecule has 0 saturated heterocycles. The van der Waals surface area contributed by atoms with Crippen molar-refractivity contribution in [1.82, 2.24) is 5.32 Å². The van der Waals surface area contributed by atoms with E-state index in [0.29, 0.717) is 0 Å². The van der Waals surface area contributed by atoms with E-state index in [1.54, 1.807) is 6.26 Å². The maximum Gasteiger partial charge on any atom is 0.203 e. The van der Waals surface area contributed by atoms with Gasteiger partial charge in [0.25, 0.3) is 0 Å². The van der Waals surface area contributed by atoms with Crippen LogP contribution in [0.1, 0.15) is 0 Å². The summed E-state index contributed by atoms with van der Waals surface area (Å²) in [6.45, 7) is 0. The molecule has 11 heavy (non-hydrogen) atoms. The van der Waals surface area contributed by atoms with Gasteiger partial charge < -0.3 is 9.73 Å². The zero-order valence-electron chi connectivity index (χ0n) is 5.90. The van der Waals surface area contributed by atoms with Crippen molar-refractivity contribution in [3.8, 4) is 0 Å². The Kier molecular flexibility index (Phi) is 1.41. The molecule has 56 valence electrons. The molecule has 0 fully saturated rings. The molecular formula is C8H8N2O. The maximum absolute atomic E-state index is 5.17. The summed E-state index contributed by atoms with van der Waals surface area (Å²) in [6, 6.07) is 3.76. The summed E-state index contributed by atoms with van der Waals surface area (Å²) in [5.41, 5.74) is 0. The van der Waals surface area contributed by atoms with Crippen LogP contribution >= 0.6 is 0 Å². The third-order valence-electron chi connectivity index (χ3n) is 1.42. The number of nitrogens with zero attached hydrogens (tertiary/aromatic N) is 1. The second kappa shape index (κ2) is 2.54. The summed E-state index contributed by atoms with van der Waals surface area (Å²) in [4.78, 5) is 1.89. The molecule has 0 saturated carbocycles. The Morgan fingerprint density at radius 3 is 2.73 bits per heavy atom. The van der Waals surface area contributed by atoms with Gasteiger partial charge in [0.05, 0.1) is 6.26 Å². The molecule has 3 heteroatoms. The van der Waals surface area contributed by atoms with E-state index >= 15 is 0 Å². The van der Waals surface area contributed by atoms with Crippen LogP contribution in [0.4, 0.5) is 5.88 Å². The fourth-order valence-corrected chi connectivity index (χ4v) is 0.916. The van der Waals surface area contributed by atoms with Gasteiger partial charge in [-0.3, -0.25) is 4.90 Å². The van der Waals surface area contributed by atoms with Crippen LogP contribution in [0.15, 0.2) is 47.6 Å². The molecule has 0 unspecified atom stereocenters. The molecule has 3 nitrogen and oxygen atoms in total. The quantitative estimate of drug-likeness (QED) is 0.656. The highest BCUT2D eigenvalue weighted by molar-refractivity contribution is 5.43. The van der Waals surface area contributed by atoms with E-state index < -0.39 is 0 Å². The van der Waals surface area contributed by atoms with Crippen molar-refractivity contribution in [1.29, 1.82) is 0 Å². The summed E-state index contributed by atoms with van der Waals surface area (Å²) in [6.07, 6.45) is 9.10. The number of furan rings is 1. The summed E-state index contributed by atoms with van der Waals surface area (Å²) < 4.78 is 5.17. The van der Waals surface area contributed by atoms with Crippen LogP contribution in [-0.4, -0.2) is 0 Å². The lowest BCUT2D eigenvalue weighted by Gasteiger charge is -2.14. The first-order valence-corrected chi connectivity index (χ1v) is 3.38. The van der Waals surface area contributed by atoms with Gasteiger partial charge in [-0.2, -0.15) is 0 Å². The van der Waals surface area contributed by atoms with E-state index in [1.165, 1.54) is 0 Å². The number of nitrogens with one attached hydrogen (secondary N) is 1. The first kappa shape index (κ1) is 6.09. The molecule has 1 aliphatic heterocycles. The molecule has 1 N–H and O–H groups in total. The lowest BCUT2D eigenvalue weighted by Crippen LogP contribution is -2.13. The Hall–Kier alpha value is -1.64. The van der Waals surface area contributed by atoms with E-state index in [0.717, 1.165) is 5.88 Å². The Morgan fingerprint density at radius 1 is 1.27 bits per heavy atom. The summed E-state index contributed by atoms with van der Waals surface area (Å²) in [7, 11) is 0. The van der Waals surface area contributed by atoms with E-state index in [1.807, 2.05) is 41.8 Å². The zero-order chi connectivity index (χ0) is 7.52. The van der Waals surface area contributed by atoms with Gasteiger partial charge in [-0.05, 0) is 6.07 Å². The van der Waals surface area contributed by atoms with Gasteiger partial charge in [-0.1, -0.05) is 0 Å². The summed E-state index contributed by atoms with van der Waals surface area (Å²) in [5, 5.41) is 2.93. The molecule has 2 rings (SSSR count). The van der Waals surface area contributed by atoms with Gasteiger partial charge in [-0.15, -0.1) is 0 Å². The highest BCUT2D eigenvalue weighted by atomic mass is 16.3. The summed E-state index contributed by atoms with van der Waals surface area (Å²) in [5.74, 6) is 0.819. The van der Waals surface area contributed by atoms with Crippen LogP contribution in [0.5, 0.6) is 0 Å². The predicted octanol–water partition coefficient (Wildman–Crippen LogP) is 1.63. The fourth-order valence-electron chi connectivity index (χ4n) is 0.916. The van der Waals surface area contributed by atoms with E-state index in [-0.39, 0.29) is 0 Å². The molecule has 1 aliphatic rings. The standard InChI is InChI=1S/C8H8N2O/c1-2-8(11-7-1)10-5-3-9-4-6-10/h1-7,9H. The molecule has 0 bridgehead atoms. The molecule has 0 aliphatic carbocycles.